The minimum absolute atomic E-state index is 0.286. The number of hydrogen-bond acceptors (Lipinski definition) is 7. The largest absolute Gasteiger partial charge is 0.298 e. The van der Waals surface area contributed by atoms with Crippen LogP contribution < -0.4 is 5.32 Å². The van der Waals surface area contributed by atoms with Gasteiger partial charge in [0.25, 0.3) is 5.91 Å². The monoisotopic (exact) mass is 337 g/mol. The van der Waals surface area contributed by atoms with Crippen LogP contribution in [0.5, 0.6) is 0 Å². The van der Waals surface area contributed by atoms with Crippen LogP contribution in [0.3, 0.4) is 0 Å². The van der Waals surface area contributed by atoms with Gasteiger partial charge in [-0.2, -0.15) is 10.2 Å². The number of nitrogens with zero attached hydrogens (tertiary/aromatic N) is 6. The quantitative estimate of drug-likeness (QED) is 0.615. The third-order valence-electron chi connectivity index (χ3n) is 3.39. The molecule has 0 saturated carbocycles. The first kappa shape index (κ1) is 14.4. The van der Waals surface area contributed by atoms with Gasteiger partial charge in [-0.15, -0.1) is 21.5 Å². The summed E-state index contributed by atoms with van der Waals surface area (Å²) in [7, 11) is 0. The molecule has 4 aromatic heterocycles. The average molecular weight is 337 g/mol. The van der Waals surface area contributed by atoms with E-state index in [1.54, 1.807) is 29.2 Å². The Morgan fingerprint density at radius 2 is 2.17 bits per heavy atom. The molecular formula is C15H11N7OS. The van der Waals surface area contributed by atoms with Crippen molar-refractivity contribution >= 4 is 28.0 Å². The SMILES string of the molecule is Cc1csc(NC(=O)c2cc(-c3ccnnc3)cn3cnnc23)n1. The molecule has 0 bridgehead atoms. The Hall–Kier alpha value is -3.20. The molecule has 0 spiro atoms. The van der Waals surface area contributed by atoms with Gasteiger partial charge in [0.15, 0.2) is 10.8 Å². The first-order chi connectivity index (χ1) is 11.7. The summed E-state index contributed by atoms with van der Waals surface area (Å²) in [6.07, 6.45) is 6.63. The zero-order chi connectivity index (χ0) is 16.5. The van der Waals surface area contributed by atoms with Crippen LogP contribution in [0.1, 0.15) is 16.1 Å². The first-order valence-corrected chi connectivity index (χ1v) is 7.92. The van der Waals surface area contributed by atoms with Crippen molar-refractivity contribution in [3.05, 3.63) is 53.7 Å². The number of aromatic nitrogens is 6. The van der Waals surface area contributed by atoms with Crippen LogP contribution in [0.2, 0.25) is 0 Å². The Balaban J connectivity index is 1.78. The molecule has 4 heterocycles. The van der Waals surface area contributed by atoms with Crippen molar-refractivity contribution < 1.29 is 4.79 Å². The first-order valence-electron chi connectivity index (χ1n) is 7.04. The van der Waals surface area contributed by atoms with E-state index < -0.39 is 0 Å². The molecule has 0 aromatic carbocycles. The van der Waals surface area contributed by atoms with E-state index in [-0.39, 0.29) is 5.91 Å². The molecule has 0 radical (unpaired) electrons. The highest BCUT2D eigenvalue weighted by molar-refractivity contribution is 7.13. The minimum atomic E-state index is -0.286. The lowest BCUT2D eigenvalue weighted by atomic mass is 10.1. The average Bonchev–Trinajstić information content (AvgIpc) is 3.23. The molecule has 0 aliphatic carbocycles. The smallest absolute Gasteiger partial charge is 0.261 e. The molecule has 0 aliphatic heterocycles. The second kappa shape index (κ2) is 5.78. The van der Waals surface area contributed by atoms with Crippen LogP contribution in [0, 0.1) is 6.92 Å². The van der Waals surface area contributed by atoms with Gasteiger partial charge in [0.05, 0.1) is 23.7 Å². The summed E-state index contributed by atoms with van der Waals surface area (Å²) in [6, 6.07) is 3.58. The van der Waals surface area contributed by atoms with E-state index in [4.69, 9.17) is 0 Å². The number of carbonyl (C=O) groups excluding carboxylic acids is 1. The predicted octanol–water partition coefficient (Wildman–Crippen LogP) is 2.20. The normalized spacial score (nSPS) is 10.9. The van der Waals surface area contributed by atoms with E-state index in [0.717, 1.165) is 16.8 Å². The van der Waals surface area contributed by atoms with Crippen LogP contribution in [-0.4, -0.2) is 35.7 Å². The van der Waals surface area contributed by atoms with Crippen LogP contribution in [0.25, 0.3) is 16.8 Å². The molecule has 24 heavy (non-hydrogen) atoms. The number of thiazole rings is 1. The maximum absolute atomic E-state index is 12.7. The Morgan fingerprint density at radius 3 is 2.92 bits per heavy atom. The molecular weight excluding hydrogens is 326 g/mol. The number of aryl methyl sites for hydroxylation is 1. The number of rotatable bonds is 3. The van der Waals surface area contributed by atoms with Gasteiger partial charge in [-0.05, 0) is 19.1 Å². The molecule has 1 amide bonds. The second-order valence-electron chi connectivity index (χ2n) is 5.08. The number of hydrogen-bond donors (Lipinski definition) is 1. The maximum Gasteiger partial charge on any atom is 0.261 e. The summed E-state index contributed by atoms with van der Waals surface area (Å²) >= 11 is 1.38. The van der Waals surface area contributed by atoms with E-state index >= 15 is 0 Å². The molecule has 8 nitrogen and oxygen atoms in total. The van der Waals surface area contributed by atoms with Crippen molar-refractivity contribution in [1.82, 2.24) is 29.8 Å². The van der Waals surface area contributed by atoms with Crippen molar-refractivity contribution in [3.63, 3.8) is 0 Å². The van der Waals surface area contributed by atoms with E-state index in [9.17, 15) is 4.79 Å². The van der Waals surface area contributed by atoms with Gasteiger partial charge in [0, 0.05) is 22.7 Å². The zero-order valence-corrected chi connectivity index (χ0v) is 13.4. The molecule has 4 rings (SSSR count). The molecule has 0 atom stereocenters. The molecule has 1 N–H and O–H groups in total. The number of fused-ring (bicyclic) bond motifs is 1. The van der Waals surface area contributed by atoms with Crippen molar-refractivity contribution in [3.8, 4) is 11.1 Å². The standard InChI is InChI=1S/C15H11N7OS/c1-9-7-24-15(19-9)20-14(23)12-4-11(10-2-3-16-17-5-10)6-22-8-18-21-13(12)22/h2-8H,1H3,(H,19,20,23). The van der Waals surface area contributed by atoms with E-state index in [1.807, 2.05) is 24.6 Å². The number of nitrogens with one attached hydrogen (secondary N) is 1. The summed E-state index contributed by atoms with van der Waals surface area (Å²) in [4.78, 5) is 16.9. The van der Waals surface area contributed by atoms with Crippen molar-refractivity contribution in [2.45, 2.75) is 6.92 Å². The molecule has 9 heteroatoms. The molecule has 0 unspecified atom stereocenters. The number of anilines is 1. The molecule has 0 saturated heterocycles. The zero-order valence-electron chi connectivity index (χ0n) is 12.5. The number of carbonyl (C=O) groups is 1. The maximum atomic E-state index is 12.7. The van der Waals surface area contributed by atoms with Crippen LogP contribution in [-0.2, 0) is 0 Å². The Bertz CT molecular complexity index is 1020. The fraction of sp³-hybridized carbons (Fsp3) is 0.0667. The Labute approximate surface area is 140 Å². The summed E-state index contributed by atoms with van der Waals surface area (Å²) in [5.74, 6) is -0.286. The van der Waals surface area contributed by atoms with Crippen LogP contribution in [0.4, 0.5) is 5.13 Å². The van der Waals surface area contributed by atoms with E-state index in [1.165, 1.54) is 11.3 Å². The van der Waals surface area contributed by atoms with Gasteiger partial charge < -0.3 is 0 Å². The molecule has 4 aromatic rings. The van der Waals surface area contributed by atoms with E-state index in [0.29, 0.717) is 16.3 Å². The third-order valence-corrected chi connectivity index (χ3v) is 4.27. The van der Waals surface area contributed by atoms with Crippen molar-refractivity contribution in [2.75, 3.05) is 5.32 Å². The third kappa shape index (κ3) is 2.61. The Morgan fingerprint density at radius 1 is 1.25 bits per heavy atom. The fourth-order valence-corrected chi connectivity index (χ4v) is 2.98. The van der Waals surface area contributed by atoms with Gasteiger partial charge in [-0.1, -0.05) is 0 Å². The minimum Gasteiger partial charge on any atom is -0.298 e. The lowest BCUT2D eigenvalue weighted by molar-refractivity contribution is 0.102. The molecule has 118 valence electrons. The second-order valence-corrected chi connectivity index (χ2v) is 5.94. The fourth-order valence-electron chi connectivity index (χ4n) is 2.30. The highest BCUT2D eigenvalue weighted by atomic mass is 32.1. The predicted molar refractivity (Wildman–Crippen MR) is 88.8 cm³/mol. The summed E-state index contributed by atoms with van der Waals surface area (Å²) in [6.45, 7) is 1.87. The van der Waals surface area contributed by atoms with Gasteiger partial charge in [0.1, 0.15) is 6.33 Å². The van der Waals surface area contributed by atoms with Gasteiger partial charge in [-0.3, -0.25) is 14.5 Å². The topological polar surface area (TPSA) is 98.0 Å². The van der Waals surface area contributed by atoms with Crippen molar-refractivity contribution in [2.24, 2.45) is 0 Å². The highest BCUT2D eigenvalue weighted by Gasteiger charge is 2.16. The summed E-state index contributed by atoms with van der Waals surface area (Å²) in [5.41, 5.74) is 3.41. The van der Waals surface area contributed by atoms with Crippen LogP contribution in [0.15, 0.2) is 42.4 Å². The molecule has 0 aliphatic rings. The van der Waals surface area contributed by atoms with Gasteiger partial charge >= 0.3 is 0 Å². The van der Waals surface area contributed by atoms with Crippen LogP contribution >= 0.6 is 11.3 Å². The lowest BCUT2D eigenvalue weighted by Gasteiger charge is -2.07. The summed E-state index contributed by atoms with van der Waals surface area (Å²) in [5, 5.41) is 20.8. The van der Waals surface area contributed by atoms with Gasteiger partial charge in [0.2, 0.25) is 0 Å². The summed E-state index contributed by atoms with van der Waals surface area (Å²) < 4.78 is 1.71. The van der Waals surface area contributed by atoms with Crippen molar-refractivity contribution in [1.29, 1.82) is 0 Å². The molecule has 0 fully saturated rings. The van der Waals surface area contributed by atoms with Gasteiger partial charge in [-0.25, -0.2) is 4.98 Å². The Kier molecular flexibility index (Phi) is 3.47. The number of amides is 1. The lowest BCUT2D eigenvalue weighted by Crippen LogP contribution is -2.13. The number of pyridine rings is 1. The highest BCUT2D eigenvalue weighted by Crippen LogP contribution is 2.23. The van der Waals surface area contributed by atoms with E-state index in [2.05, 4.69) is 30.7 Å².